The highest BCUT2D eigenvalue weighted by molar-refractivity contribution is 7.51. The smallest absolute Gasteiger partial charge is 0.229 e. The Morgan fingerprint density at radius 3 is 2.49 bits per heavy atom. The van der Waals surface area contributed by atoms with Gasteiger partial charge in [0.1, 0.15) is 16.5 Å². The molecule has 10 heteroatoms. The van der Waals surface area contributed by atoms with Crippen molar-refractivity contribution in [3.05, 3.63) is 53.7 Å². The molecule has 1 aliphatic rings. The first-order chi connectivity index (χ1) is 17.0. The van der Waals surface area contributed by atoms with Crippen LogP contribution in [0.3, 0.4) is 0 Å². The third kappa shape index (κ3) is 6.45. The molecule has 186 valence electrons. The molecular weight excluding hydrogens is 483 g/mol. The first kappa shape index (κ1) is 25.3. The molecule has 1 fully saturated rings. The molecule has 0 saturated carbocycles. The van der Waals surface area contributed by atoms with E-state index in [0.29, 0.717) is 22.8 Å². The second-order valence-corrected chi connectivity index (χ2v) is 10.7. The predicted molar refractivity (Wildman–Crippen MR) is 147 cm³/mol. The Morgan fingerprint density at radius 2 is 1.77 bits per heavy atom. The number of halogens is 1. The van der Waals surface area contributed by atoms with E-state index in [1.54, 1.807) is 13.3 Å². The zero-order chi connectivity index (χ0) is 24.8. The van der Waals surface area contributed by atoms with Crippen LogP contribution in [-0.2, 0) is 0 Å². The molecule has 4 rings (SSSR count). The quantitative estimate of drug-likeness (QED) is 0.307. The van der Waals surface area contributed by atoms with E-state index >= 15 is 0 Å². The van der Waals surface area contributed by atoms with E-state index in [0.717, 1.165) is 54.5 Å². The summed E-state index contributed by atoms with van der Waals surface area (Å²) < 4.78 is 11.6. The number of hydrogen-bond acceptors (Lipinski definition) is 8. The number of methoxy groups -OCH3 is 1. The summed E-state index contributed by atoms with van der Waals surface area (Å²) in [5.74, 6) is 2.37. The van der Waals surface area contributed by atoms with Crippen LogP contribution >= 0.6 is 19.7 Å². The van der Waals surface area contributed by atoms with Gasteiger partial charge in [0.2, 0.25) is 5.95 Å². The second-order valence-electron chi connectivity index (χ2n) is 8.47. The van der Waals surface area contributed by atoms with Crippen LogP contribution in [0.4, 0.5) is 28.8 Å². The minimum atomic E-state index is -0.570. The Morgan fingerprint density at radius 1 is 1.03 bits per heavy atom. The molecule has 35 heavy (non-hydrogen) atoms. The molecule has 3 aromatic rings. The van der Waals surface area contributed by atoms with Crippen molar-refractivity contribution in [3.63, 3.8) is 0 Å². The van der Waals surface area contributed by atoms with Crippen molar-refractivity contribution in [1.82, 2.24) is 15.3 Å². The van der Waals surface area contributed by atoms with Gasteiger partial charge in [0, 0.05) is 30.9 Å². The molecule has 0 radical (unpaired) electrons. The zero-order valence-electron chi connectivity index (χ0n) is 20.5. The van der Waals surface area contributed by atoms with Crippen molar-refractivity contribution < 1.29 is 9.26 Å². The molecule has 1 aliphatic heterocycles. The van der Waals surface area contributed by atoms with Crippen molar-refractivity contribution >= 4 is 48.6 Å². The Kier molecular flexibility index (Phi) is 8.50. The summed E-state index contributed by atoms with van der Waals surface area (Å²) in [7, 11) is 3.13. The highest BCUT2D eigenvalue weighted by Crippen LogP contribution is 2.38. The lowest BCUT2D eigenvalue weighted by Gasteiger charge is -2.33. The summed E-state index contributed by atoms with van der Waals surface area (Å²) in [5.41, 5.74) is 2.71. The Labute approximate surface area is 213 Å². The minimum absolute atomic E-state index is 0.407. The molecule has 1 aromatic heterocycles. The SMILES string of the molecule is CNC1CCN(c2ccc(Nc3ncc(Cl)c(Nc4ccccc4OP(C)C)n3)c(OC)c2)CC1. The highest BCUT2D eigenvalue weighted by atomic mass is 35.5. The average Bonchev–Trinajstić information content (AvgIpc) is 2.87. The fourth-order valence-electron chi connectivity index (χ4n) is 4.02. The van der Waals surface area contributed by atoms with Gasteiger partial charge in [-0.05, 0) is 57.5 Å². The third-order valence-corrected chi connectivity index (χ3v) is 6.70. The molecule has 1 saturated heterocycles. The van der Waals surface area contributed by atoms with Crippen LogP contribution in [0.15, 0.2) is 48.7 Å². The number of benzene rings is 2. The number of para-hydroxylation sites is 2. The fourth-order valence-corrected chi connectivity index (χ4v) is 4.71. The van der Waals surface area contributed by atoms with E-state index in [1.807, 2.05) is 37.4 Å². The first-order valence-corrected chi connectivity index (χ1v) is 14.1. The number of nitrogens with one attached hydrogen (secondary N) is 3. The van der Waals surface area contributed by atoms with E-state index in [4.69, 9.17) is 20.9 Å². The molecule has 0 bridgehead atoms. The van der Waals surface area contributed by atoms with E-state index < -0.39 is 8.15 Å². The molecule has 2 heterocycles. The summed E-state index contributed by atoms with van der Waals surface area (Å²) in [4.78, 5) is 11.3. The number of piperidine rings is 1. The number of anilines is 5. The maximum absolute atomic E-state index is 6.41. The van der Waals surface area contributed by atoms with Crippen molar-refractivity contribution in [1.29, 1.82) is 0 Å². The molecule has 0 aliphatic carbocycles. The van der Waals surface area contributed by atoms with Crippen LogP contribution < -0.4 is 30.1 Å². The minimum Gasteiger partial charge on any atom is -0.494 e. The molecule has 8 nitrogen and oxygen atoms in total. The van der Waals surface area contributed by atoms with Gasteiger partial charge in [-0.3, -0.25) is 0 Å². The number of hydrogen-bond donors (Lipinski definition) is 3. The third-order valence-electron chi connectivity index (χ3n) is 5.87. The van der Waals surface area contributed by atoms with Gasteiger partial charge in [0.25, 0.3) is 0 Å². The Balaban J connectivity index is 1.52. The average molecular weight is 515 g/mol. The molecule has 2 aromatic carbocycles. The Bertz CT molecular complexity index is 1140. The van der Waals surface area contributed by atoms with Gasteiger partial charge < -0.3 is 30.1 Å². The largest absolute Gasteiger partial charge is 0.494 e. The van der Waals surface area contributed by atoms with Gasteiger partial charge in [-0.15, -0.1) is 0 Å². The lowest BCUT2D eigenvalue weighted by molar-refractivity contribution is 0.415. The zero-order valence-corrected chi connectivity index (χ0v) is 22.2. The van der Waals surface area contributed by atoms with Crippen LogP contribution in [0.1, 0.15) is 12.8 Å². The molecule has 0 amide bonds. The topological polar surface area (TPSA) is 83.6 Å². The van der Waals surface area contributed by atoms with Gasteiger partial charge >= 0.3 is 0 Å². The number of nitrogens with zero attached hydrogens (tertiary/aromatic N) is 3. The Hall–Kier alpha value is -2.80. The number of aromatic nitrogens is 2. The normalized spacial score (nSPS) is 14.2. The molecule has 3 N–H and O–H groups in total. The first-order valence-electron chi connectivity index (χ1n) is 11.6. The summed E-state index contributed by atoms with van der Waals surface area (Å²) in [6, 6.07) is 14.5. The second kappa shape index (κ2) is 11.8. The highest BCUT2D eigenvalue weighted by Gasteiger charge is 2.19. The van der Waals surface area contributed by atoms with Gasteiger partial charge in [0.05, 0.1) is 32.8 Å². The standard InChI is InChI=1S/C25H32ClN6O2P/c1-27-17-11-13-32(14-12-17)18-9-10-21(23(15-18)33-2)30-25-28-16-19(26)24(31-25)29-20-7-5-6-8-22(20)34-35(3)4/h5-10,15-17,27H,11-14H2,1-4H3,(H2,28,29,30,31). The lowest BCUT2D eigenvalue weighted by Crippen LogP contribution is -2.41. The maximum Gasteiger partial charge on any atom is 0.229 e. The number of ether oxygens (including phenoxy) is 1. The molecule has 0 unspecified atom stereocenters. The summed E-state index contributed by atoms with van der Waals surface area (Å²) in [6.45, 7) is 6.13. The van der Waals surface area contributed by atoms with Crippen LogP contribution in [0, 0.1) is 0 Å². The van der Waals surface area contributed by atoms with Crippen molar-refractivity contribution in [3.8, 4) is 11.5 Å². The van der Waals surface area contributed by atoms with Crippen LogP contribution in [0.5, 0.6) is 11.5 Å². The van der Waals surface area contributed by atoms with Gasteiger partial charge in [-0.25, -0.2) is 4.98 Å². The summed E-state index contributed by atoms with van der Waals surface area (Å²) in [6.07, 6.45) is 3.82. The van der Waals surface area contributed by atoms with Gasteiger partial charge in [-0.2, -0.15) is 4.98 Å². The van der Waals surface area contributed by atoms with Crippen LogP contribution in [0.2, 0.25) is 5.02 Å². The predicted octanol–water partition coefficient (Wildman–Crippen LogP) is 5.85. The summed E-state index contributed by atoms with van der Waals surface area (Å²) >= 11 is 6.41. The van der Waals surface area contributed by atoms with Gasteiger partial charge in [0.15, 0.2) is 5.82 Å². The molecular formula is C25H32ClN6O2P. The van der Waals surface area contributed by atoms with Crippen molar-refractivity contribution in [2.24, 2.45) is 0 Å². The van der Waals surface area contributed by atoms with E-state index in [2.05, 4.69) is 56.3 Å². The molecule has 0 spiro atoms. The van der Waals surface area contributed by atoms with Crippen LogP contribution in [-0.4, -0.2) is 56.6 Å². The van der Waals surface area contributed by atoms with Crippen molar-refractivity contribution in [2.75, 3.05) is 56.1 Å². The van der Waals surface area contributed by atoms with E-state index in [-0.39, 0.29) is 0 Å². The van der Waals surface area contributed by atoms with Crippen molar-refractivity contribution in [2.45, 2.75) is 18.9 Å². The molecule has 0 atom stereocenters. The number of rotatable bonds is 9. The van der Waals surface area contributed by atoms with Gasteiger partial charge in [-0.1, -0.05) is 23.7 Å². The maximum atomic E-state index is 6.41. The van der Waals surface area contributed by atoms with E-state index in [1.165, 1.54) is 0 Å². The summed E-state index contributed by atoms with van der Waals surface area (Å²) in [5, 5.41) is 10.3. The van der Waals surface area contributed by atoms with Crippen LogP contribution in [0.25, 0.3) is 0 Å². The van der Waals surface area contributed by atoms with E-state index in [9.17, 15) is 0 Å². The monoisotopic (exact) mass is 514 g/mol. The fraction of sp³-hybridized carbons (Fsp3) is 0.360. The lowest BCUT2D eigenvalue weighted by atomic mass is 10.0.